The molecule has 0 saturated carbocycles. The fourth-order valence-electron chi connectivity index (χ4n) is 3.24. The minimum atomic E-state index is -0.161. The van der Waals surface area contributed by atoms with Gasteiger partial charge in [0.1, 0.15) is 0 Å². The van der Waals surface area contributed by atoms with Crippen LogP contribution in [0.3, 0.4) is 0 Å². The molecule has 0 aliphatic carbocycles. The molecule has 4 heteroatoms. The lowest BCUT2D eigenvalue weighted by Gasteiger charge is -2.37. The molecule has 104 valence electrons. The number of rotatable bonds is 2. The minimum Gasteiger partial charge on any atom is -0.393 e. The lowest BCUT2D eigenvalue weighted by molar-refractivity contribution is -0.135. The number of amides is 1. The molecule has 4 nitrogen and oxygen atoms in total. The second-order valence-corrected chi connectivity index (χ2v) is 6.25. The first-order valence-corrected chi connectivity index (χ1v) is 7.22. The zero-order valence-electron chi connectivity index (χ0n) is 11.6. The Kier molecular flexibility index (Phi) is 4.62. The highest BCUT2D eigenvalue weighted by Crippen LogP contribution is 2.21. The number of aliphatic hydroxyl groups is 1. The van der Waals surface area contributed by atoms with Crippen molar-refractivity contribution in [3.05, 3.63) is 0 Å². The third kappa shape index (κ3) is 3.69. The average Bonchev–Trinajstić information content (AvgIpc) is 2.31. The second-order valence-electron chi connectivity index (χ2n) is 6.25. The lowest BCUT2D eigenvalue weighted by Crippen LogP contribution is -2.48. The van der Waals surface area contributed by atoms with Crippen LogP contribution in [0.2, 0.25) is 0 Å². The number of carbonyl (C=O) groups is 1. The molecule has 0 aromatic heterocycles. The van der Waals surface area contributed by atoms with Gasteiger partial charge in [-0.3, -0.25) is 9.69 Å². The van der Waals surface area contributed by atoms with E-state index in [1.54, 1.807) is 0 Å². The van der Waals surface area contributed by atoms with Gasteiger partial charge in [-0.05, 0) is 31.1 Å². The van der Waals surface area contributed by atoms with Crippen LogP contribution in [0.15, 0.2) is 0 Å². The number of nitrogens with zero attached hydrogens (tertiary/aromatic N) is 2. The molecule has 2 unspecified atom stereocenters. The maximum atomic E-state index is 12.3. The van der Waals surface area contributed by atoms with Crippen LogP contribution in [0.25, 0.3) is 0 Å². The molecule has 0 aromatic carbocycles. The molecule has 1 N–H and O–H groups in total. The number of likely N-dealkylation sites (tertiary alicyclic amines) is 2. The van der Waals surface area contributed by atoms with Gasteiger partial charge in [0.2, 0.25) is 5.91 Å². The van der Waals surface area contributed by atoms with Gasteiger partial charge in [-0.25, -0.2) is 0 Å². The molecule has 2 rings (SSSR count). The van der Waals surface area contributed by atoms with E-state index < -0.39 is 0 Å². The van der Waals surface area contributed by atoms with E-state index in [0.29, 0.717) is 18.4 Å². The zero-order valence-corrected chi connectivity index (χ0v) is 11.6. The van der Waals surface area contributed by atoms with Gasteiger partial charge in [-0.2, -0.15) is 0 Å². The van der Waals surface area contributed by atoms with E-state index in [0.717, 1.165) is 39.0 Å². The number of aliphatic hydroxyl groups excluding tert-OH is 1. The van der Waals surface area contributed by atoms with E-state index >= 15 is 0 Å². The van der Waals surface area contributed by atoms with Crippen LogP contribution in [0.4, 0.5) is 0 Å². The summed E-state index contributed by atoms with van der Waals surface area (Å²) in [6.45, 7) is 8.53. The third-order valence-corrected chi connectivity index (χ3v) is 4.14. The fourth-order valence-corrected chi connectivity index (χ4v) is 3.24. The molecule has 2 heterocycles. The fraction of sp³-hybridized carbons (Fsp3) is 0.929. The van der Waals surface area contributed by atoms with Crippen molar-refractivity contribution in [3.63, 3.8) is 0 Å². The van der Waals surface area contributed by atoms with Gasteiger partial charge >= 0.3 is 0 Å². The molecule has 0 aromatic rings. The van der Waals surface area contributed by atoms with Crippen molar-refractivity contribution >= 4 is 5.91 Å². The standard InChI is InChI=1S/C14H26N2O2/c1-11-7-12(2)9-16(8-11)14(18)10-15-5-3-13(17)4-6-15/h11-13,17H,3-10H2,1-2H3. The lowest BCUT2D eigenvalue weighted by atomic mass is 9.92. The normalized spacial score (nSPS) is 31.6. The van der Waals surface area contributed by atoms with E-state index in [9.17, 15) is 9.90 Å². The second kappa shape index (κ2) is 6.02. The highest BCUT2D eigenvalue weighted by atomic mass is 16.3. The Morgan fingerprint density at radius 3 is 2.28 bits per heavy atom. The minimum absolute atomic E-state index is 0.161. The van der Waals surface area contributed by atoms with Crippen LogP contribution in [0.1, 0.15) is 33.1 Å². The number of hydrogen-bond donors (Lipinski definition) is 1. The quantitative estimate of drug-likeness (QED) is 0.798. The smallest absolute Gasteiger partial charge is 0.236 e. The SMILES string of the molecule is CC1CC(C)CN(C(=O)CN2CCC(O)CC2)C1. The van der Waals surface area contributed by atoms with Gasteiger partial charge in [-0.1, -0.05) is 13.8 Å². The predicted molar refractivity (Wildman–Crippen MR) is 71.2 cm³/mol. The van der Waals surface area contributed by atoms with Crippen LogP contribution in [0.5, 0.6) is 0 Å². The summed E-state index contributed by atoms with van der Waals surface area (Å²) in [5.74, 6) is 1.52. The van der Waals surface area contributed by atoms with Gasteiger partial charge < -0.3 is 10.0 Å². The van der Waals surface area contributed by atoms with Gasteiger partial charge in [0.25, 0.3) is 0 Å². The van der Waals surface area contributed by atoms with Gasteiger partial charge in [-0.15, -0.1) is 0 Å². The summed E-state index contributed by atoms with van der Waals surface area (Å²) in [5, 5.41) is 9.46. The van der Waals surface area contributed by atoms with E-state index in [1.807, 2.05) is 4.90 Å². The zero-order chi connectivity index (χ0) is 13.1. The average molecular weight is 254 g/mol. The first-order valence-electron chi connectivity index (χ1n) is 7.22. The van der Waals surface area contributed by atoms with Crippen molar-refractivity contribution in [2.45, 2.75) is 39.2 Å². The molecule has 18 heavy (non-hydrogen) atoms. The highest BCUT2D eigenvalue weighted by molar-refractivity contribution is 5.78. The van der Waals surface area contributed by atoms with Crippen LogP contribution in [-0.2, 0) is 4.79 Å². The van der Waals surface area contributed by atoms with Crippen molar-refractivity contribution in [3.8, 4) is 0 Å². The summed E-state index contributed by atoms with van der Waals surface area (Å²) >= 11 is 0. The largest absolute Gasteiger partial charge is 0.393 e. The Balaban J connectivity index is 1.80. The summed E-state index contributed by atoms with van der Waals surface area (Å²) in [4.78, 5) is 16.5. The van der Waals surface area contributed by atoms with Crippen LogP contribution >= 0.6 is 0 Å². The van der Waals surface area contributed by atoms with Gasteiger partial charge in [0.15, 0.2) is 0 Å². The van der Waals surface area contributed by atoms with E-state index in [2.05, 4.69) is 18.7 Å². The summed E-state index contributed by atoms with van der Waals surface area (Å²) in [5.41, 5.74) is 0. The highest BCUT2D eigenvalue weighted by Gasteiger charge is 2.27. The molecular formula is C14H26N2O2. The number of hydrogen-bond acceptors (Lipinski definition) is 3. The summed E-state index contributed by atoms with van der Waals surface area (Å²) in [7, 11) is 0. The van der Waals surface area contributed by atoms with Crippen molar-refractivity contribution in [1.82, 2.24) is 9.80 Å². The maximum Gasteiger partial charge on any atom is 0.236 e. The molecule has 1 amide bonds. The Morgan fingerprint density at radius 1 is 1.17 bits per heavy atom. The summed E-state index contributed by atoms with van der Waals surface area (Å²) in [6, 6.07) is 0. The number of carbonyl (C=O) groups excluding carboxylic acids is 1. The molecule has 2 aliphatic heterocycles. The molecule has 2 atom stereocenters. The molecule has 0 bridgehead atoms. The third-order valence-electron chi connectivity index (χ3n) is 4.14. The van der Waals surface area contributed by atoms with E-state index in [-0.39, 0.29) is 12.0 Å². The Labute approximate surface area is 110 Å². The first-order chi connectivity index (χ1) is 8.54. The van der Waals surface area contributed by atoms with Gasteiger partial charge in [0, 0.05) is 26.2 Å². The van der Waals surface area contributed by atoms with Crippen molar-refractivity contribution in [2.24, 2.45) is 11.8 Å². The molecule has 2 aliphatic rings. The predicted octanol–water partition coefficient (Wildman–Crippen LogP) is 0.948. The molecule has 2 saturated heterocycles. The monoisotopic (exact) mass is 254 g/mol. The van der Waals surface area contributed by atoms with Crippen molar-refractivity contribution in [1.29, 1.82) is 0 Å². The van der Waals surface area contributed by atoms with Crippen molar-refractivity contribution in [2.75, 3.05) is 32.7 Å². The molecule has 0 radical (unpaired) electrons. The molecule has 0 spiro atoms. The Bertz CT molecular complexity index is 278. The Morgan fingerprint density at radius 2 is 1.72 bits per heavy atom. The van der Waals surface area contributed by atoms with E-state index in [1.165, 1.54) is 6.42 Å². The van der Waals surface area contributed by atoms with Crippen molar-refractivity contribution < 1.29 is 9.90 Å². The maximum absolute atomic E-state index is 12.3. The first kappa shape index (κ1) is 13.8. The Hall–Kier alpha value is -0.610. The van der Waals surface area contributed by atoms with Gasteiger partial charge in [0.05, 0.1) is 12.6 Å². The van der Waals surface area contributed by atoms with Crippen LogP contribution in [0, 0.1) is 11.8 Å². The van der Waals surface area contributed by atoms with Crippen LogP contribution in [-0.4, -0.2) is 59.6 Å². The molecule has 2 fully saturated rings. The number of piperidine rings is 2. The van der Waals surface area contributed by atoms with E-state index in [4.69, 9.17) is 0 Å². The topological polar surface area (TPSA) is 43.8 Å². The van der Waals surface area contributed by atoms with Crippen LogP contribution < -0.4 is 0 Å². The molecular weight excluding hydrogens is 228 g/mol. The summed E-state index contributed by atoms with van der Waals surface area (Å²) in [6.07, 6.45) is 2.69. The summed E-state index contributed by atoms with van der Waals surface area (Å²) < 4.78 is 0.